The predicted octanol–water partition coefficient (Wildman–Crippen LogP) is 13.6. The Morgan fingerprint density at radius 3 is 1.64 bits per heavy atom. The molecule has 0 bridgehead atoms. The van der Waals surface area contributed by atoms with E-state index >= 15 is 0 Å². The Hall–Kier alpha value is -2.32. The van der Waals surface area contributed by atoms with Gasteiger partial charge < -0.3 is 4.74 Å². The first kappa shape index (κ1) is 43.8. The maximum atomic E-state index is 14.6. The van der Waals surface area contributed by atoms with Gasteiger partial charge in [-0.15, -0.1) is 11.8 Å². The van der Waals surface area contributed by atoms with Crippen molar-refractivity contribution in [2.24, 2.45) is 0 Å². The second kappa shape index (κ2) is 17.9. The van der Waals surface area contributed by atoms with Crippen LogP contribution in [0.4, 0.5) is 57.1 Å². The number of hydrogen-bond donors (Lipinski definition) is 0. The molecule has 0 amide bonds. The summed E-state index contributed by atoms with van der Waals surface area (Å²) >= 11 is 0.536. The van der Waals surface area contributed by atoms with Gasteiger partial charge in [-0.25, -0.2) is 0 Å². The van der Waals surface area contributed by atoms with Crippen molar-refractivity contribution < 1.29 is 61.8 Å². The lowest BCUT2D eigenvalue weighted by molar-refractivity contribution is -0.439. The summed E-state index contributed by atoms with van der Waals surface area (Å²) in [5.41, 5.74) is 2.22. The third kappa shape index (κ3) is 10.2. The zero-order chi connectivity index (χ0) is 38.0. The summed E-state index contributed by atoms with van der Waals surface area (Å²) < 4.78 is 183. The van der Waals surface area contributed by atoms with Crippen LogP contribution in [0.2, 0.25) is 0 Å². The highest BCUT2D eigenvalue weighted by Gasteiger charge is 2.90. The number of unbranched alkanes of at least 4 members (excludes halogenated alkanes) is 9. The molecule has 0 spiro atoms. The van der Waals surface area contributed by atoms with Crippen LogP contribution < -0.4 is 4.74 Å². The van der Waals surface area contributed by atoms with Crippen molar-refractivity contribution in [3.63, 3.8) is 0 Å². The summed E-state index contributed by atoms with van der Waals surface area (Å²) in [6.45, 7) is 5.89. The monoisotopic (exact) mass is 758 g/mol. The topological polar surface area (TPSA) is 9.23 Å². The maximum absolute atomic E-state index is 14.6. The van der Waals surface area contributed by atoms with Gasteiger partial charge in [0.2, 0.25) is 0 Å². The molecule has 0 aromatic heterocycles. The number of aryl methyl sites for hydroxylation is 2. The smallest absolute Gasteiger partial charge is 0.460 e. The minimum Gasteiger partial charge on any atom is -0.493 e. The van der Waals surface area contributed by atoms with Gasteiger partial charge in [0.1, 0.15) is 5.75 Å². The molecule has 0 radical (unpaired) electrons. The largest absolute Gasteiger partial charge is 0.493 e. The van der Waals surface area contributed by atoms with Gasteiger partial charge in [0.15, 0.2) is 0 Å². The molecule has 2 rings (SSSR count). The van der Waals surface area contributed by atoms with Crippen molar-refractivity contribution in [1.29, 1.82) is 0 Å². The van der Waals surface area contributed by atoms with E-state index in [1.54, 1.807) is 56.3 Å². The van der Waals surface area contributed by atoms with Crippen molar-refractivity contribution in [3.05, 3.63) is 64.7 Å². The Kier molecular flexibility index (Phi) is 15.7. The third-order valence-electron chi connectivity index (χ3n) is 8.28. The lowest BCUT2D eigenvalue weighted by atomic mass is 9.93. The highest BCUT2D eigenvalue weighted by atomic mass is 32.2. The Balaban J connectivity index is 2.24. The average Bonchev–Trinajstić information content (AvgIpc) is 3.02. The SMILES string of the molecule is CCCCCCCCCCCCOc1c(C)cc(C)cc1C(SCCC(F)(F)C(F)(F)C(F)(F)C(F)(F)C(F)(F)C(F)(F)F)c1ccccc1. The van der Waals surface area contributed by atoms with E-state index in [0.717, 1.165) is 25.7 Å². The summed E-state index contributed by atoms with van der Waals surface area (Å²) in [6.07, 6.45) is 1.08. The normalized spacial score (nSPS) is 14.2. The number of alkyl halides is 13. The minimum atomic E-state index is -7.91. The van der Waals surface area contributed by atoms with Crippen LogP contribution in [0.1, 0.15) is 105 Å². The van der Waals surface area contributed by atoms with Crippen LogP contribution in [-0.4, -0.2) is 48.1 Å². The molecule has 0 fully saturated rings. The number of hydrogen-bond acceptors (Lipinski definition) is 2. The molecule has 286 valence electrons. The van der Waals surface area contributed by atoms with E-state index in [2.05, 4.69) is 6.92 Å². The molecule has 0 N–H and O–H groups in total. The fraction of sp³-hybridized carbons (Fsp3) is 0.657. The number of rotatable bonds is 22. The molecule has 15 heteroatoms. The van der Waals surface area contributed by atoms with Gasteiger partial charge in [-0.1, -0.05) is 113 Å². The van der Waals surface area contributed by atoms with E-state index in [9.17, 15) is 57.1 Å². The van der Waals surface area contributed by atoms with Crippen LogP contribution in [0.25, 0.3) is 0 Å². The Bertz CT molecular complexity index is 1310. The van der Waals surface area contributed by atoms with Gasteiger partial charge in [0.25, 0.3) is 0 Å². The highest BCUT2D eigenvalue weighted by molar-refractivity contribution is 7.99. The summed E-state index contributed by atoms with van der Waals surface area (Å²) in [6, 6.07) is 11.4. The molecule has 2 aromatic rings. The molecule has 0 saturated heterocycles. The summed E-state index contributed by atoms with van der Waals surface area (Å²) in [5.74, 6) is -37.6. The Morgan fingerprint density at radius 2 is 1.12 bits per heavy atom. The first-order chi connectivity index (χ1) is 23.1. The fourth-order valence-corrected chi connectivity index (χ4v) is 6.71. The number of thioether (sulfide) groups is 1. The van der Waals surface area contributed by atoms with Crippen LogP contribution in [-0.2, 0) is 0 Å². The van der Waals surface area contributed by atoms with Crippen molar-refractivity contribution in [3.8, 4) is 5.75 Å². The lowest BCUT2D eigenvalue weighted by Gasteiger charge is -2.39. The zero-order valence-electron chi connectivity index (χ0n) is 28.0. The van der Waals surface area contributed by atoms with E-state index < -0.39 is 53.2 Å². The number of benzene rings is 2. The highest BCUT2D eigenvalue weighted by Crippen LogP contribution is 2.61. The maximum Gasteiger partial charge on any atom is 0.460 e. The molecule has 0 saturated carbocycles. The van der Waals surface area contributed by atoms with Gasteiger partial charge in [0, 0.05) is 17.7 Å². The van der Waals surface area contributed by atoms with Crippen LogP contribution in [0.3, 0.4) is 0 Å². The molecule has 0 aliphatic rings. The molecule has 50 heavy (non-hydrogen) atoms. The molecular weight excluding hydrogens is 715 g/mol. The molecule has 0 aliphatic carbocycles. The van der Waals surface area contributed by atoms with Gasteiger partial charge >= 0.3 is 35.8 Å². The fourth-order valence-electron chi connectivity index (χ4n) is 5.40. The third-order valence-corrected chi connectivity index (χ3v) is 9.58. The van der Waals surface area contributed by atoms with E-state index in [4.69, 9.17) is 4.74 Å². The predicted molar refractivity (Wildman–Crippen MR) is 169 cm³/mol. The molecule has 0 heterocycles. The quantitative estimate of drug-likeness (QED) is 0.0874. The van der Waals surface area contributed by atoms with Gasteiger partial charge in [-0.05, 0) is 31.4 Å². The van der Waals surface area contributed by atoms with Crippen molar-refractivity contribution in [2.75, 3.05) is 12.4 Å². The van der Waals surface area contributed by atoms with E-state index in [1.165, 1.54) is 32.1 Å². The molecule has 1 atom stereocenters. The Labute approximate surface area is 288 Å². The van der Waals surface area contributed by atoms with Gasteiger partial charge in [-0.3, -0.25) is 0 Å². The van der Waals surface area contributed by atoms with E-state index in [0.29, 0.717) is 46.2 Å². The standard InChI is InChI=1S/C35H43F13OS/c1-4-5-6-7-8-9-10-11-12-16-20-49-28-25(3)22-24(2)23-27(28)29(26-17-14-13-15-18-26)50-21-19-30(36,37)31(38,39)32(40,41)33(42,43)34(44,45)35(46,47)48/h13-15,17-18,22-23,29H,4-12,16,19-21H2,1-3H3. The van der Waals surface area contributed by atoms with Gasteiger partial charge in [0.05, 0.1) is 11.9 Å². The minimum absolute atomic E-state index is 0.287. The molecule has 0 aliphatic heterocycles. The van der Waals surface area contributed by atoms with Crippen LogP contribution in [0, 0.1) is 13.8 Å². The molecule has 1 unspecified atom stereocenters. The number of ether oxygens (including phenoxy) is 1. The van der Waals surface area contributed by atoms with E-state index in [1.807, 2.05) is 0 Å². The molecule has 1 nitrogen and oxygen atoms in total. The van der Waals surface area contributed by atoms with Crippen molar-refractivity contribution in [1.82, 2.24) is 0 Å². The molecular formula is C35H43F13OS. The van der Waals surface area contributed by atoms with Crippen molar-refractivity contribution in [2.45, 2.75) is 132 Å². The van der Waals surface area contributed by atoms with Crippen LogP contribution in [0.15, 0.2) is 42.5 Å². The average molecular weight is 759 g/mol. The lowest BCUT2D eigenvalue weighted by Crippen LogP contribution is -2.70. The van der Waals surface area contributed by atoms with E-state index in [-0.39, 0.29) is 6.61 Å². The second-order valence-electron chi connectivity index (χ2n) is 12.4. The summed E-state index contributed by atoms with van der Waals surface area (Å²) in [4.78, 5) is 0. The van der Waals surface area contributed by atoms with Gasteiger partial charge in [-0.2, -0.15) is 57.1 Å². The first-order valence-electron chi connectivity index (χ1n) is 16.4. The summed E-state index contributed by atoms with van der Waals surface area (Å²) in [5, 5.41) is -0.946. The number of halogens is 13. The molecule has 2 aromatic carbocycles. The van der Waals surface area contributed by atoms with Crippen LogP contribution in [0.5, 0.6) is 5.75 Å². The van der Waals surface area contributed by atoms with Crippen molar-refractivity contribution >= 4 is 11.8 Å². The van der Waals surface area contributed by atoms with Crippen LogP contribution >= 0.6 is 11.8 Å². The second-order valence-corrected chi connectivity index (χ2v) is 13.7. The Morgan fingerprint density at radius 1 is 0.620 bits per heavy atom. The summed E-state index contributed by atoms with van der Waals surface area (Å²) in [7, 11) is 0. The first-order valence-corrected chi connectivity index (χ1v) is 17.5. The zero-order valence-corrected chi connectivity index (χ0v) is 28.9.